The number of benzene rings is 1. The number of aromatic nitrogens is 1. The number of Topliss-reactive ketones (excluding diaryl/α,β-unsaturated/α-hetero) is 1. The zero-order valence-corrected chi connectivity index (χ0v) is 12.2. The van der Waals surface area contributed by atoms with Crippen LogP contribution >= 0.6 is 0 Å². The first-order chi connectivity index (χ1) is 9.99. The Morgan fingerprint density at radius 1 is 1.43 bits per heavy atom. The summed E-state index contributed by atoms with van der Waals surface area (Å²) >= 11 is 0. The molecule has 0 saturated heterocycles. The second-order valence-electron chi connectivity index (χ2n) is 5.45. The summed E-state index contributed by atoms with van der Waals surface area (Å²) in [6.07, 6.45) is 0.331. The summed E-state index contributed by atoms with van der Waals surface area (Å²) in [6, 6.07) is 2.87. The lowest BCUT2D eigenvalue weighted by atomic mass is 10.0. The smallest absolute Gasteiger partial charge is 0.167 e. The van der Waals surface area contributed by atoms with Crippen LogP contribution in [0.3, 0.4) is 0 Å². The molecule has 4 nitrogen and oxygen atoms in total. The van der Waals surface area contributed by atoms with Gasteiger partial charge in [0, 0.05) is 12.0 Å². The Kier molecular flexibility index (Phi) is 3.27. The Morgan fingerprint density at radius 2 is 2.19 bits per heavy atom. The van der Waals surface area contributed by atoms with Crippen LogP contribution in [-0.2, 0) is 6.61 Å². The molecule has 0 saturated carbocycles. The minimum atomic E-state index is -0.340. The summed E-state index contributed by atoms with van der Waals surface area (Å²) in [5.74, 6) is 0.612. The number of halogens is 1. The van der Waals surface area contributed by atoms with Crippen LogP contribution in [-0.4, -0.2) is 10.9 Å². The van der Waals surface area contributed by atoms with Crippen molar-refractivity contribution in [2.75, 3.05) is 0 Å². The van der Waals surface area contributed by atoms with Gasteiger partial charge < -0.3 is 9.26 Å². The van der Waals surface area contributed by atoms with Crippen LogP contribution in [0.1, 0.15) is 52.2 Å². The predicted octanol–water partition coefficient (Wildman–Crippen LogP) is 3.70. The first-order valence-corrected chi connectivity index (χ1v) is 6.89. The van der Waals surface area contributed by atoms with Crippen molar-refractivity contribution >= 4 is 5.78 Å². The number of rotatable bonds is 3. The van der Waals surface area contributed by atoms with E-state index in [1.54, 1.807) is 6.92 Å². The number of ether oxygens (including phenoxy) is 1. The summed E-state index contributed by atoms with van der Waals surface area (Å²) in [6.45, 7) is 5.74. The zero-order valence-electron chi connectivity index (χ0n) is 12.2. The van der Waals surface area contributed by atoms with E-state index in [0.717, 1.165) is 11.3 Å². The minimum absolute atomic E-state index is 0.0641. The van der Waals surface area contributed by atoms with Crippen LogP contribution in [0.2, 0.25) is 0 Å². The number of nitrogens with zero attached hydrogens (tertiary/aromatic N) is 1. The van der Waals surface area contributed by atoms with E-state index in [1.165, 1.54) is 12.1 Å². The summed E-state index contributed by atoms with van der Waals surface area (Å²) in [5.41, 5.74) is 2.46. The fourth-order valence-corrected chi connectivity index (χ4v) is 2.80. The maximum atomic E-state index is 13.9. The van der Waals surface area contributed by atoms with Crippen LogP contribution in [0.25, 0.3) is 0 Å². The molecule has 1 atom stereocenters. The molecule has 0 aliphatic heterocycles. The lowest BCUT2D eigenvalue weighted by Crippen LogP contribution is -2.03. The van der Waals surface area contributed by atoms with Crippen LogP contribution < -0.4 is 4.74 Å². The first-order valence-electron chi connectivity index (χ1n) is 6.89. The molecule has 1 aliphatic rings. The average molecular weight is 289 g/mol. The van der Waals surface area contributed by atoms with Gasteiger partial charge in [0.1, 0.15) is 23.9 Å². The third-order valence-corrected chi connectivity index (χ3v) is 3.97. The molecule has 0 spiro atoms. The molecule has 3 rings (SSSR count). The van der Waals surface area contributed by atoms with Crippen molar-refractivity contribution in [3.63, 3.8) is 0 Å². The zero-order chi connectivity index (χ0) is 15.1. The van der Waals surface area contributed by atoms with Crippen molar-refractivity contribution in [1.82, 2.24) is 5.16 Å². The van der Waals surface area contributed by atoms with Crippen molar-refractivity contribution in [3.05, 3.63) is 46.1 Å². The molecule has 0 fully saturated rings. The van der Waals surface area contributed by atoms with Crippen LogP contribution in [0.5, 0.6) is 5.75 Å². The Labute approximate surface area is 121 Å². The van der Waals surface area contributed by atoms with Gasteiger partial charge >= 0.3 is 0 Å². The highest BCUT2D eigenvalue weighted by Gasteiger charge is 2.32. The van der Waals surface area contributed by atoms with Gasteiger partial charge in [0.05, 0.1) is 16.8 Å². The molecule has 110 valence electrons. The summed E-state index contributed by atoms with van der Waals surface area (Å²) in [7, 11) is 0. The normalized spacial score (nSPS) is 17.1. The van der Waals surface area contributed by atoms with Gasteiger partial charge in [-0.3, -0.25) is 4.79 Å². The maximum Gasteiger partial charge on any atom is 0.167 e. The Morgan fingerprint density at radius 3 is 2.86 bits per heavy atom. The standard InChI is InChI=1S/C16H16FNO3/c1-8-6-13(19)16-14(5-4-12(17)15(8)16)20-7-11-9(2)18-21-10(11)3/h4-5,8H,6-7H2,1-3H3. The molecule has 2 aromatic rings. The maximum absolute atomic E-state index is 13.9. The Hall–Kier alpha value is -2.17. The summed E-state index contributed by atoms with van der Waals surface area (Å²) < 4.78 is 24.7. The third-order valence-electron chi connectivity index (χ3n) is 3.97. The lowest BCUT2D eigenvalue weighted by Gasteiger charge is -2.11. The Bertz CT molecular complexity index is 701. The van der Waals surface area contributed by atoms with E-state index in [2.05, 4.69) is 5.16 Å². The molecule has 1 heterocycles. The van der Waals surface area contributed by atoms with Gasteiger partial charge in [-0.15, -0.1) is 0 Å². The van der Waals surface area contributed by atoms with E-state index < -0.39 is 0 Å². The van der Waals surface area contributed by atoms with Gasteiger partial charge in [0.15, 0.2) is 5.78 Å². The van der Waals surface area contributed by atoms with Crippen LogP contribution in [0.15, 0.2) is 16.7 Å². The molecular weight excluding hydrogens is 273 g/mol. The van der Waals surface area contributed by atoms with Gasteiger partial charge in [-0.25, -0.2) is 4.39 Å². The molecule has 5 heteroatoms. The van der Waals surface area contributed by atoms with Crippen molar-refractivity contribution in [1.29, 1.82) is 0 Å². The molecule has 0 radical (unpaired) electrons. The van der Waals surface area contributed by atoms with E-state index in [4.69, 9.17) is 9.26 Å². The number of ketones is 1. The van der Waals surface area contributed by atoms with E-state index in [0.29, 0.717) is 29.1 Å². The van der Waals surface area contributed by atoms with Gasteiger partial charge in [0.25, 0.3) is 0 Å². The van der Waals surface area contributed by atoms with Gasteiger partial charge in [-0.1, -0.05) is 12.1 Å². The number of aryl methyl sites for hydroxylation is 2. The van der Waals surface area contributed by atoms with Gasteiger partial charge in [-0.2, -0.15) is 0 Å². The van der Waals surface area contributed by atoms with Crippen molar-refractivity contribution < 1.29 is 18.4 Å². The molecule has 0 N–H and O–H groups in total. The monoisotopic (exact) mass is 289 g/mol. The average Bonchev–Trinajstić information content (AvgIpc) is 2.91. The van der Waals surface area contributed by atoms with Crippen molar-refractivity contribution in [2.45, 2.75) is 39.7 Å². The number of carbonyl (C=O) groups excluding carboxylic acids is 1. The van der Waals surface area contributed by atoms with E-state index in [-0.39, 0.29) is 24.1 Å². The molecule has 0 bridgehead atoms. The van der Waals surface area contributed by atoms with E-state index in [1.807, 2.05) is 13.8 Å². The van der Waals surface area contributed by atoms with Crippen LogP contribution in [0.4, 0.5) is 4.39 Å². The number of fused-ring (bicyclic) bond motifs is 1. The second-order valence-corrected chi connectivity index (χ2v) is 5.45. The SMILES string of the molecule is Cc1noc(C)c1COc1ccc(F)c2c1C(=O)CC2C. The molecule has 1 aliphatic carbocycles. The Balaban J connectivity index is 1.93. The third kappa shape index (κ3) is 2.22. The molecule has 1 aromatic heterocycles. The highest BCUT2D eigenvalue weighted by Crippen LogP contribution is 2.40. The fourth-order valence-electron chi connectivity index (χ4n) is 2.80. The molecule has 0 amide bonds. The summed E-state index contributed by atoms with van der Waals surface area (Å²) in [4.78, 5) is 12.1. The second kappa shape index (κ2) is 4.98. The predicted molar refractivity (Wildman–Crippen MR) is 74.1 cm³/mol. The van der Waals surface area contributed by atoms with Crippen molar-refractivity contribution in [3.8, 4) is 5.75 Å². The van der Waals surface area contributed by atoms with Gasteiger partial charge in [0.2, 0.25) is 0 Å². The highest BCUT2D eigenvalue weighted by atomic mass is 19.1. The van der Waals surface area contributed by atoms with E-state index >= 15 is 0 Å². The fraction of sp³-hybridized carbons (Fsp3) is 0.375. The molecule has 21 heavy (non-hydrogen) atoms. The topological polar surface area (TPSA) is 52.3 Å². The minimum Gasteiger partial charge on any atom is -0.488 e. The number of hydrogen-bond acceptors (Lipinski definition) is 4. The molecule has 1 unspecified atom stereocenters. The molecular formula is C16H16FNO3. The molecule has 1 aromatic carbocycles. The number of carbonyl (C=O) groups is 1. The van der Waals surface area contributed by atoms with Gasteiger partial charge in [-0.05, 0) is 31.9 Å². The van der Waals surface area contributed by atoms with Crippen LogP contribution in [0, 0.1) is 19.7 Å². The van der Waals surface area contributed by atoms with E-state index in [9.17, 15) is 9.18 Å². The lowest BCUT2D eigenvalue weighted by molar-refractivity contribution is 0.0986. The summed E-state index contributed by atoms with van der Waals surface area (Å²) in [5, 5.41) is 3.86. The quantitative estimate of drug-likeness (QED) is 0.864. The van der Waals surface area contributed by atoms with Crippen molar-refractivity contribution in [2.24, 2.45) is 0 Å². The first kappa shape index (κ1) is 13.8. The number of hydrogen-bond donors (Lipinski definition) is 0. The highest BCUT2D eigenvalue weighted by molar-refractivity contribution is 6.03. The largest absolute Gasteiger partial charge is 0.488 e.